The number of thioether (sulfide) groups is 1. The fourth-order valence-corrected chi connectivity index (χ4v) is 4.40. The van der Waals surface area contributed by atoms with Crippen LogP contribution in [0.5, 0.6) is 0 Å². The van der Waals surface area contributed by atoms with Crippen molar-refractivity contribution in [2.75, 3.05) is 5.75 Å². The molecule has 1 N–H and O–H groups in total. The minimum absolute atomic E-state index is 0.0755. The third-order valence-corrected chi connectivity index (χ3v) is 6.48. The molecule has 9 heteroatoms. The molecule has 1 atom stereocenters. The first-order chi connectivity index (χ1) is 12.4. The van der Waals surface area contributed by atoms with Crippen LogP contribution in [0.25, 0.3) is 0 Å². The molecule has 142 valence electrons. The Balaban J connectivity index is 2.09. The second-order valence-corrected chi connectivity index (χ2v) is 8.81. The van der Waals surface area contributed by atoms with Gasteiger partial charge in [0.25, 0.3) is 0 Å². The predicted molar refractivity (Wildman–Crippen MR) is 102 cm³/mol. The summed E-state index contributed by atoms with van der Waals surface area (Å²) in [5.74, 6) is 0.292. The Bertz CT molecular complexity index is 835. The molecular formula is C17H24N4O3S2. The van der Waals surface area contributed by atoms with E-state index >= 15 is 0 Å². The lowest BCUT2D eigenvalue weighted by Gasteiger charge is -2.11. The Hall–Kier alpha value is -1.87. The maximum Gasteiger partial charge on any atom is 0.230 e. The number of sulfone groups is 1. The van der Waals surface area contributed by atoms with Gasteiger partial charge in [-0.05, 0) is 32.4 Å². The van der Waals surface area contributed by atoms with Crippen molar-refractivity contribution in [1.82, 2.24) is 20.1 Å². The Morgan fingerprint density at radius 1 is 1.23 bits per heavy atom. The van der Waals surface area contributed by atoms with E-state index < -0.39 is 9.84 Å². The van der Waals surface area contributed by atoms with Gasteiger partial charge in [-0.25, -0.2) is 8.42 Å². The van der Waals surface area contributed by atoms with Gasteiger partial charge < -0.3 is 9.88 Å². The van der Waals surface area contributed by atoms with Crippen LogP contribution in [-0.4, -0.2) is 40.9 Å². The van der Waals surface area contributed by atoms with E-state index in [0.717, 1.165) is 6.42 Å². The van der Waals surface area contributed by atoms with Gasteiger partial charge in [-0.15, -0.1) is 10.2 Å². The molecule has 26 heavy (non-hydrogen) atoms. The molecule has 0 saturated heterocycles. The van der Waals surface area contributed by atoms with Crippen LogP contribution in [0, 0.1) is 0 Å². The third-order valence-electron chi connectivity index (χ3n) is 3.88. The lowest BCUT2D eigenvalue weighted by Crippen LogP contribution is -2.33. The summed E-state index contributed by atoms with van der Waals surface area (Å²) < 4.78 is 26.8. The number of carbonyl (C=O) groups is 1. The maximum absolute atomic E-state index is 12.5. The highest BCUT2D eigenvalue weighted by molar-refractivity contribution is 7.99. The average Bonchev–Trinajstić information content (AvgIpc) is 3.01. The summed E-state index contributed by atoms with van der Waals surface area (Å²) >= 11 is 1.26. The van der Waals surface area contributed by atoms with E-state index in [4.69, 9.17) is 0 Å². The van der Waals surface area contributed by atoms with Crippen molar-refractivity contribution in [2.45, 2.75) is 55.6 Å². The normalized spacial score (nSPS) is 12.7. The second kappa shape index (κ2) is 9.18. The maximum atomic E-state index is 12.5. The van der Waals surface area contributed by atoms with Gasteiger partial charge in [0.05, 0.1) is 10.6 Å². The van der Waals surface area contributed by atoms with Gasteiger partial charge >= 0.3 is 0 Å². The molecule has 1 aromatic carbocycles. The van der Waals surface area contributed by atoms with Crippen LogP contribution < -0.4 is 5.32 Å². The molecule has 0 aliphatic carbocycles. The third kappa shape index (κ3) is 5.31. The van der Waals surface area contributed by atoms with Crippen molar-refractivity contribution in [1.29, 1.82) is 0 Å². The van der Waals surface area contributed by atoms with E-state index in [1.54, 1.807) is 34.9 Å². The minimum atomic E-state index is -3.50. The van der Waals surface area contributed by atoms with Crippen LogP contribution in [0.15, 0.2) is 40.4 Å². The molecule has 1 aromatic heterocycles. The molecule has 0 radical (unpaired) electrons. The highest BCUT2D eigenvalue weighted by Gasteiger charge is 2.21. The highest BCUT2D eigenvalue weighted by atomic mass is 32.2. The molecule has 2 rings (SSSR count). The zero-order valence-corrected chi connectivity index (χ0v) is 16.8. The van der Waals surface area contributed by atoms with Crippen molar-refractivity contribution in [3.63, 3.8) is 0 Å². The summed E-state index contributed by atoms with van der Waals surface area (Å²) in [6, 6.07) is 8.41. The zero-order valence-electron chi connectivity index (χ0n) is 15.2. The Kier molecular flexibility index (Phi) is 7.22. The fourth-order valence-electron chi connectivity index (χ4n) is 2.28. The van der Waals surface area contributed by atoms with Crippen LogP contribution in [-0.2, 0) is 26.9 Å². The van der Waals surface area contributed by atoms with Gasteiger partial charge in [0.1, 0.15) is 11.6 Å². The van der Waals surface area contributed by atoms with Gasteiger partial charge in [-0.1, -0.05) is 36.9 Å². The topological polar surface area (TPSA) is 94.0 Å². The van der Waals surface area contributed by atoms with Crippen LogP contribution in [0.3, 0.4) is 0 Å². The molecule has 1 amide bonds. The number of amides is 1. The summed E-state index contributed by atoms with van der Waals surface area (Å²) in [6.45, 7) is 6.38. The van der Waals surface area contributed by atoms with E-state index in [0.29, 0.717) is 17.5 Å². The fraction of sp³-hybridized carbons (Fsp3) is 0.471. The first-order valence-electron chi connectivity index (χ1n) is 8.49. The van der Waals surface area contributed by atoms with Gasteiger partial charge in [0.2, 0.25) is 5.91 Å². The number of aromatic nitrogens is 3. The van der Waals surface area contributed by atoms with Crippen molar-refractivity contribution < 1.29 is 13.2 Å². The summed E-state index contributed by atoms with van der Waals surface area (Å²) in [5.41, 5.74) is 0. The Labute approximate surface area is 158 Å². The zero-order chi connectivity index (χ0) is 19.2. The number of hydrogen-bond acceptors (Lipinski definition) is 6. The molecule has 1 unspecified atom stereocenters. The molecule has 2 aromatic rings. The van der Waals surface area contributed by atoms with Crippen LogP contribution in [0.2, 0.25) is 0 Å². The van der Waals surface area contributed by atoms with Crippen LogP contribution in [0.4, 0.5) is 0 Å². The number of carbonyl (C=O) groups excluding carboxylic acids is 1. The van der Waals surface area contributed by atoms with E-state index in [9.17, 15) is 13.2 Å². The summed E-state index contributed by atoms with van der Waals surface area (Å²) in [6.07, 6.45) is 0.864. The Morgan fingerprint density at radius 2 is 1.92 bits per heavy atom. The molecule has 0 spiro atoms. The molecule has 0 aliphatic heterocycles. The van der Waals surface area contributed by atoms with E-state index in [2.05, 4.69) is 15.5 Å². The van der Waals surface area contributed by atoms with Crippen molar-refractivity contribution in [3.05, 3.63) is 36.2 Å². The first-order valence-corrected chi connectivity index (χ1v) is 11.1. The van der Waals surface area contributed by atoms with Crippen LogP contribution >= 0.6 is 11.8 Å². The second-order valence-electron chi connectivity index (χ2n) is 5.88. The molecule has 0 aliphatic rings. The number of nitrogens with one attached hydrogen (secondary N) is 1. The standard InChI is InChI=1S/C17H24N4O3S2/c1-4-13(3)18-16(22)11-25-17-20-19-15(21(17)5-2)12-26(23,24)14-9-7-6-8-10-14/h6-10,13H,4-5,11-12H2,1-3H3,(H,18,22). The van der Waals surface area contributed by atoms with Crippen molar-refractivity contribution in [2.24, 2.45) is 0 Å². The SMILES string of the molecule is CCC(C)NC(=O)CSc1nnc(CS(=O)(=O)c2ccccc2)n1CC. The average molecular weight is 397 g/mol. The molecule has 7 nitrogen and oxygen atoms in total. The lowest BCUT2D eigenvalue weighted by atomic mass is 10.3. The molecule has 1 heterocycles. The van der Waals surface area contributed by atoms with Gasteiger partial charge in [0.15, 0.2) is 15.0 Å². The summed E-state index contributed by atoms with van der Waals surface area (Å²) in [7, 11) is -3.50. The molecular weight excluding hydrogens is 372 g/mol. The highest BCUT2D eigenvalue weighted by Crippen LogP contribution is 2.20. The van der Waals surface area contributed by atoms with Crippen molar-refractivity contribution >= 4 is 27.5 Å². The first kappa shape index (κ1) is 20.4. The number of rotatable bonds is 9. The van der Waals surface area contributed by atoms with Crippen molar-refractivity contribution in [3.8, 4) is 0 Å². The van der Waals surface area contributed by atoms with Crippen LogP contribution in [0.1, 0.15) is 33.0 Å². The molecule has 0 bridgehead atoms. The predicted octanol–water partition coefficient (Wildman–Crippen LogP) is 2.28. The number of nitrogens with zero attached hydrogens (tertiary/aromatic N) is 3. The monoisotopic (exact) mass is 396 g/mol. The Morgan fingerprint density at radius 3 is 2.54 bits per heavy atom. The van der Waals surface area contributed by atoms with Gasteiger partial charge in [0, 0.05) is 12.6 Å². The lowest BCUT2D eigenvalue weighted by molar-refractivity contribution is -0.119. The summed E-state index contributed by atoms with van der Waals surface area (Å²) in [4.78, 5) is 12.2. The minimum Gasteiger partial charge on any atom is -0.353 e. The largest absolute Gasteiger partial charge is 0.353 e. The smallest absolute Gasteiger partial charge is 0.230 e. The number of benzene rings is 1. The number of hydrogen-bond donors (Lipinski definition) is 1. The van der Waals surface area contributed by atoms with Gasteiger partial charge in [-0.3, -0.25) is 4.79 Å². The van der Waals surface area contributed by atoms with E-state index in [1.165, 1.54) is 11.8 Å². The quantitative estimate of drug-likeness (QED) is 0.654. The van der Waals surface area contributed by atoms with E-state index in [1.807, 2.05) is 20.8 Å². The van der Waals surface area contributed by atoms with E-state index in [-0.39, 0.29) is 28.4 Å². The molecule has 0 saturated carbocycles. The molecule has 0 fully saturated rings. The van der Waals surface area contributed by atoms with Gasteiger partial charge in [-0.2, -0.15) is 0 Å². The summed E-state index contributed by atoms with van der Waals surface area (Å²) in [5, 5.41) is 11.5.